The van der Waals surface area contributed by atoms with Crippen LogP contribution in [0.5, 0.6) is 0 Å². The summed E-state index contributed by atoms with van der Waals surface area (Å²) in [4.78, 5) is 12.9. The van der Waals surface area contributed by atoms with Crippen molar-refractivity contribution in [2.75, 3.05) is 5.75 Å². The summed E-state index contributed by atoms with van der Waals surface area (Å²) in [7, 11) is 0. The van der Waals surface area contributed by atoms with Crippen molar-refractivity contribution >= 4 is 51.5 Å². The second kappa shape index (κ2) is 7.09. The number of nitrogens with zero attached hydrogens (tertiary/aromatic N) is 1. The molecule has 22 heavy (non-hydrogen) atoms. The van der Waals surface area contributed by atoms with Crippen molar-refractivity contribution in [2.24, 2.45) is 0 Å². The number of esters is 1. The van der Waals surface area contributed by atoms with Crippen molar-refractivity contribution in [1.29, 1.82) is 0 Å². The van der Waals surface area contributed by atoms with Crippen molar-refractivity contribution < 1.29 is 9.53 Å². The first-order valence-corrected chi connectivity index (χ1v) is 8.87. The molecule has 0 bridgehead atoms. The van der Waals surface area contributed by atoms with Crippen molar-refractivity contribution in [3.8, 4) is 0 Å². The summed E-state index contributed by atoms with van der Waals surface area (Å²) in [5.74, 6) is 0.0467. The number of fused-ring (bicyclic) bond motifs is 1. The molecule has 6 heteroatoms. The second-order valence-electron chi connectivity index (χ2n) is 4.51. The van der Waals surface area contributed by atoms with E-state index in [1.54, 1.807) is 0 Å². The smallest absolute Gasteiger partial charge is 0.318 e. The van der Waals surface area contributed by atoms with E-state index in [1.165, 1.54) is 23.1 Å². The van der Waals surface area contributed by atoms with Gasteiger partial charge in [0.25, 0.3) is 0 Å². The van der Waals surface area contributed by atoms with Gasteiger partial charge in [-0.2, -0.15) is 0 Å². The fourth-order valence-corrected chi connectivity index (χ4v) is 3.99. The topological polar surface area (TPSA) is 31.2 Å². The molecule has 2 aromatic carbocycles. The molecular weight excluding hydrogens is 334 g/mol. The number of hydrogen-bond donors (Lipinski definition) is 0. The second-order valence-corrected chi connectivity index (χ2v) is 7.24. The number of hydrogen-bond acceptors (Lipinski definition) is 5. The Labute approximate surface area is 141 Å². The minimum Gasteiger partial charge on any atom is -0.443 e. The van der Waals surface area contributed by atoms with Crippen LogP contribution in [0.1, 0.15) is 0 Å². The van der Waals surface area contributed by atoms with Gasteiger partial charge in [-0.15, -0.1) is 23.1 Å². The lowest BCUT2D eigenvalue weighted by atomic mass is 10.3. The number of aromatic nitrogens is 1. The summed E-state index contributed by atoms with van der Waals surface area (Å²) in [6.07, 6.45) is 0. The van der Waals surface area contributed by atoms with Crippen molar-refractivity contribution in [2.45, 2.75) is 11.6 Å². The van der Waals surface area contributed by atoms with Crippen LogP contribution in [0.2, 0.25) is 0 Å². The summed E-state index contributed by atoms with van der Waals surface area (Å²) in [6, 6.07) is 17.7. The fourth-order valence-electron chi connectivity index (χ4n) is 1.97. The third kappa shape index (κ3) is 3.58. The standard InChI is InChI=1S/C16H13NO2S3/c18-15(10-21-12-6-2-1-3-7-12)19-11-17-13-8-4-5-9-14(13)22-16(17)20/h1-9H,10-11H2. The van der Waals surface area contributed by atoms with Crippen LogP contribution < -0.4 is 0 Å². The van der Waals surface area contributed by atoms with Gasteiger partial charge in [0.15, 0.2) is 10.7 Å². The number of thioether (sulfide) groups is 1. The number of carbonyl (C=O) groups excluding carboxylic acids is 1. The number of thiazole rings is 1. The van der Waals surface area contributed by atoms with E-state index < -0.39 is 0 Å². The third-order valence-corrected chi connectivity index (χ3v) is 5.44. The van der Waals surface area contributed by atoms with Gasteiger partial charge in [0, 0.05) is 4.90 Å². The van der Waals surface area contributed by atoms with Crippen LogP contribution in [0.25, 0.3) is 10.2 Å². The molecule has 3 rings (SSSR count). The summed E-state index contributed by atoms with van der Waals surface area (Å²) in [6.45, 7) is 0.164. The molecular formula is C16H13NO2S3. The summed E-state index contributed by atoms with van der Waals surface area (Å²) in [5.41, 5.74) is 1.00. The molecule has 0 aliphatic carbocycles. The van der Waals surface area contributed by atoms with Gasteiger partial charge < -0.3 is 4.74 Å². The Bertz CT molecular complexity index is 839. The highest BCUT2D eigenvalue weighted by molar-refractivity contribution is 8.00. The monoisotopic (exact) mass is 347 g/mol. The highest BCUT2D eigenvalue weighted by atomic mass is 32.2. The molecule has 0 fully saturated rings. The zero-order valence-corrected chi connectivity index (χ0v) is 14.0. The van der Waals surface area contributed by atoms with Gasteiger partial charge in [-0.25, -0.2) is 0 Å². The van der Waals surface area contributed by atoms with E-state index in [9.17, 15) is 4.79 Å². The lowest BCUT2D eigenvalue weighted by Crippen LogP contribution is -2.11. The summed E-state index contributed by atoms with van der Waals surface area (Å²) < 4.78 is 9.00. The molecule has 0 atom stereocenters. The Morgan fingerprint density at radius 3 is 2.68 bits per heavy atom. The summed E-state index contributed by atoms with van der Waals surface area (Å²) >= 11 is 8.32. The maximum Gasteiger partial charge on any atom is 0.318 e. The van der Waals surface area contributed by atoms with Gasteiger partial charge in [-0.05, 0) is 36.5 Å². The molecule has 1 heterocycles. The van der Waals surface area contributed by atoms with E-state index in [1.807, 2.05) is 59.2 Å². The first-order valence-electron chi connectivity index (χ1n) is 6.66. The maximum absolute atomic E-state index is 11.9. The Morgan fingerprint density at radius 1 is 1.14 bits per heavy atom. The molecule has 3 nitrogen and oxygen atoms in total. The van der Waals surface area contributed by atoms with Crippen molar-refractivity contribution in [1.82, 2.24) is 4.57 Å². The van der Waals surface area contributed by atoms with Gasteiger partial charge in [-0.1, -0.05) is 30.3 Å². The lowest BCUT2D eigenvalue weighted by Gasteiger charge is -2.07. The highest BCUT2D eigenvalue weighted by Gasteiger charge is 2.08. The molecule has 0 unspecified atom stereocenters. The molecule has 0 saturated carbocycles. The fraction of sp³-hybridized carbons (Fsp3) is 0.125. The van der Waals surface area contributed by atoms with E-state index in [-0.39, 0.29) is 12.7 Å². The molecule has 112 valence electrons. The normalized spacial score (nSPS) is 10.7. The van der Waals surface area contributed by atoms with Crippen LogP contribution in [-0.4, -0.2) is 16.3 Å². The van der Waals surface area contributed by atoms with Crippen molar-refractivity contribution in [3.05, 3.63) is 58.6 Å². The number of para-hydroxylation sites is 1. The Kier molecular flexibility index (Phi) is 4.92. The number of benzene rings is 2. The molecule has 0 amide bonds. The SMILES string of the molecule is O=C(CSc1ccccc1)OCn1c(=S)sc2ccccc21. The number of rotatable bonds is 5. The predicted octanol–water partition coefficient (Wildman–Crippen LogP) is 4.73. The quantitative estimate of drug-likeness (QED) is 0.379. The van der Waals surface area contributed by atoms with Crippen LogP contribution >= 0.6 is 35.3 Å². The van der Waals surface area contributed by atoms with E-state index in [0.29, 0.717) is 9.71 Å². The molecule has 0 N–H and O–H groups in total. The largest absolute Gasteiger partial charge is 0.443 e. The highest BCUT2D eigenvalue weighted by Crippen LogP contribution is 2.23. The molecule has 0 aliphatic rings. The minimum absolute atomic E-state index is 0.164. The van der Waals surface area contributed by atoms with Crippen LogP contribution in [0.3, 0.4) is 0 Å². The third-order valence-electron chi connectivity index (χ3n) is 3.03. The maximum atomic E-state index is 11.9. The number of carbonyl (C=O) groups is 1. The van der Waals surface area contributed by atoms with Crippen LogP contribution in [0.4, 0.5) is 0 Å². The summed E-state index contributed by atoms with van der Waals surface area (Å²) in [5, 5.41) is 0. The Hall–Kier alpha value is -1.63. The van der Waals surface area contributed by atoms with Crippen LogP contribution in [0, 0.1) is 3.95 Å². The average molecular weight is 347 g/mol. The Morgan fingerprint density at radius 2 is 1.86 bits per heavy atom. The van der Waals surface area contributed by atoms with Gasteiger partial charge in [0.05, 0.1) is 16.0 Å². The molecule has 0 spiro atoms. The zero-order valence-electron chi connectivity index (χ0n) is 11.6. The number of ether oxygens (including phenoxy) is 1. The van der Waals surface area contributed by atoms with Crippen molar-refractivity contribution in [3.63, 3.8) is 0 Å². The molecule has 0 radical (unpaired) electrons. The predicted molar refractivity (Wildman–Crippen MR) is 93.9 cm³/mol. The zero-order chi connectivity index (χ0) is 15.4. The molecule has 1 aromatic heterocycles. The van der Waals surface area contributed by atoms with E-state index in [0.717, 1.165) is 15.1 Å². The van der Waals surface area contributed by atoms with E-state index in [2.05, 4.69) is 0 Å². The first-order chi connectivity index (χ1) is 10.7. The average Bonchev–Trinajstić information content (AvgIpc) is 2.87. The molecule has 0 aliphatic heterocycles. The van der Waals surface area contributed by atoms with Crippen LogP contribution in [0.15, 0.2) is 59.5 Å². The van der Waals surface area contributed by atoms with Crippen LogP contribution in [-0.2, 0) is 16.3 Å². The molecule has 3 aromatic rings. The van der Waals surface area contributed by atoms with Gasteiger partial charge >= 0.3 is 5.97 Å². The van der Waals surface area contributed by atoms with Gasteiger partial charge in [0.2, 0.25) is 0 Å². The minimum atomic E-state index is -0.244. The molecule has 0 saturated heterocycles. The van der Waals surface area contributed by atoms with E-state index >= 15 is 0 Å². The van der Waals surface area contributed by atoms with E-state index in [4.69, 9.17) is 17.0 Å². The lowest BCUT2D eigenvalue weighted by molar-refractivity contribution is -0.144. The Balaban J connectivity index is 1.61. The first kappa shape index (κ1) is 15.3. The van der Waals surface area contributed by atoms with Gasteiger partial charge in [-0.3, -0.25) is 9.36 Å². The van der Waals surface area contributed by atoms with Gasteiger partial charge in [0.1, 0.15) is 0 Å².